The number of amides is 1. The zero-order chi connectivity index (χ0) is 13.8. The molecule has 1 aromatic heterocycles. The maximum Gasteiger partial charge on any atom is 0.220 e. The Morgan fingerprint density at radius 3 is 2.95 bits per heavy atom. The van der Waals surface area contributed by atoms with Crippen molar-refractivity contribution in [2.45, 2.75) is 25.4 Å². The summed E-state index contributed by atoms with van der Waals surface area (Å²) in [6, 6.07) is 10.5. The zero-order valence-corrected chi connectivity index (χ0v) is 12.0. The first kappa shape index (κ1) is 13.3. The predicted molar refractivity (Wildman–Crippen MR) is 80.4 cm³/mol. The molecule has 0 radical (unpaired) electrons. The van der Waals surface area contributed by atoms with Gasteiger partial charge in [0.1, 0.15) is 5.01 Å². The fraction of sp³-hybridized carbons (Fsp3) is 0.333. The smallest absolute Gasteiger partial charge is 0.220 e. The quantitative estimate of drug-likeness (QED) is 0.886. The molecule has 2 N–H and O–H groups in total. The number of hydrogen-bond acceptors (Lipinski definition) is 4. The van der Waals surface area contributed by atoms with E-state index in [0.717, 1.165) is 35.8 Å². The fourth-order valence-corrected chi connectivity index (χ4v) is 3.09. The third-order valence-electron chi connectivity index (χ3n) is 3.37. The molecule has 4 nitrogen and oxygen atoms in total. The van der Waals surface area contributed by atoms with Crippen LogP contribution in [0.25, 0.3) is 11.3 Å². The van der Waals surface area contributed by atoms with Crippen LogP contribution >= 0.6 is 11.3 Å². The third-order valence-corrected chi connectivity index (χ3v) is 4.22. The lowest BCUT2D eigenvalue weighted by molar-refractivity contribution is -0.119. The van der Waals surface area contributed by atoms with E-state index < -0.39 is 0 Å². The molecule has 2 aromatic rings. The van der Waals surface area contributed by atoms with Crippen molar-refractivity contribution < 1.29 is 4.79 Å². The van der Waals surface area contributed by atoms with Gasteiger partial charge in [-0.1, -0.05) is 30.3 Å². The highest BCUT2D eigenvalue weighted by atomic mass is 32.1. The molecule has 0 spiro atoms. The minimum Gasteiger partial charge on any atom is -0.352 e. The first-order valence-corrected chi connectivity index (χ1v) is 7.69. The normalized spacial score (nSPS) is 18.2. The number of nitrogens with one attached hydrogen (secondary N) is 2. The summed E-state index contributed by atoms with van der Waals surface area (Å²) in [6.45, 7) is 1.57. The van der Waals surface area contributed by atoms with E-state index in [1.54, 1.807) is 11.3 Å². The molecule has 3 rings (SSSR count). The molecule has 0 saturated carbocycles. The summed E-state index contributed by atoms with van der Waals surface area (Å²) in [5, 5.41) is 9.48. The average molecular weight is 287 g/mol. The SMILES string of the molecule is O=C1CCC(CNCc2nc(-c3ccccc3)cs2)N1. The topological polar surface area (TPSA) is 54.0 Å². The number of carbonyl (C=O) groups excluding carboxylic acids is 1. The molecular formula is C15H17N3OS. The van der Waals surface area contributed by atoms with E-state index in [1.807, 2.05) is 18.2 Å². The lowest BCUT2D eigenvalue weighted by Gasteiger charge is -2.09. The number of thiazole rings is 1. The van der Waals surface area contributed by atoms with Crippen molar-refractivity contribution in [2.75, 3.05) is 6.54 Å². The van der Waals surface area contributed by atoms with Crippen molar-refractivity contribution in [2.24, 2.45) is 0 Å². The van der Waals surface area contributed by atoms with E-state index in [4.69, 9.17) is 0 Å². The highest BCUT2D eigenvalue weighted by molar-refractivity contribution is 7.09. The molecule has 104 valence electrons. The van der Waals surface area contributed by atoms with Crippen molar-refractivity contribution in [1.29, 1.82) is 0 Å². The van der Waals surface area contributed by atoms with Crippen molar-refractivity contribution in [3.05, 3.63) is 40.7 Å². The monoisotopic (exact) mass is 287 g/mol. The van der Waals surface area contributed by atoms with E-state index >= 15 is 0 Å². The van der Waals surface area contributed by atoms with Gasteiger partial charge in [0.25, 0.3) is 0 Å². The van der Waals surface area contributed by atoms with Crippen LogP contribution in [0.2, 0.25) is 0 Å². The maximum absolute atomic E-state index is 11.1. The number of nitrogens with zero attached hydrogens (tertiary/aromatic N) is 1. The van der Waals surface area contributed by atoms with Crippen LogP contribution < -0.4 is 10.6 Å². The van der Waals surface area contributed by atoms with Gasteiger partial charge in [-0.05, 0) is 6.42 Å². The second kappa shape index (κ2) is 6.15. The van der Waals surface area contributed by atoms with Crippen LogP contribution in [-0.4, -0.2) is 23.5 Å². The third kappa shape index (κ3) is 3.23. The Morgan fingerprint density at radius 2 is 2.20 bits per heavy atom. The number of aromatic nitrogens is 1. The fourth-order valence-electron chi connectivity index (χ4n) is 2.32. The highest BCUT2D eigenvalue weighted by Crippen LogP contribution is 2.21. The van der Waals surface area contributed by atoms with Gasteiger partial charge in [0.05, 0.1) is 5.69 Å². The van der Waals surface area contributed by atoms with E-state index in [2.05, 4.69) is 33.1 Å². The van der Waals surface area contributed by atoms with Gasteiger partial charge >= 0.3 is 0 Å². The Bertz CT molecular complexity index is 582. The Balaban J connectivity index is 1.52. The van der Waals surface area contributed by atoms with Gasteiger partial charge < -0.3 is 10.6 Å². The van der Waals surface area contributed by atoms with Crippen LogP contribution in [0, 0.1) is 0 Å². The highest BCUT2D eigenvalue weighted by Gasteiger charge is 2.19. The first-order chi connectivity index (χ1) is 9.81. The van der Waals surface area contributed by atoms with Gasteiger partial charge in [0.2, 0.25) is 5.91 Å². The Hall–Kier alpha value is -1.72. The Kier molecular flexibility index (Phi) is 4.08. The summed E-state index contributed by atoms with van der Waals surface area (Å²) in [6.07, 6.45) is 1.58. The Morgan fingerprint density at radius 1 is 1.35 bits per heavy atom. The minimum absolute atomic E-state index is 0.164. The van der Waals surface area contributed by atoms with Crippen LogP contribution in [0.3, 0.4) is 0 Å². The van der Waals surface area contributed by atoms with Gasteiger partial charge in [0.15, 0.2) is 0 Å². The summed E-state index contributed by atoms with van der Waals surface area (Å²) < 4.78 is 0. The van der Waals surface area contributed by atoms with Gasteiger partial charge in [-0.2, -0.15) is 0 Å². The van der Waals surface area contributed by atoms with E-state index in [1.165, 1.54) is 0 Å². The number of rotatable bonds is 5. The summed E-state index contributed by atoms with van der Waals surface area (Å²) in [7, 11) is 0. The number of carbonyl (C=O) groups is 1. The molecule has 0 aliphatic carbocycles. The van der Waals surface area contributed by atoms with E-state index in [-0.39, 0.29) is 11.9 Å². The minimum atomic E-state index is 0.164. The lowest BCUT2D eigenvalue weighted by Crippen LogP contribution is -2.35. The van der Waals surface area contributed by atoms with Gasteiger partial charge in [-0.25, -0.2) is 4.98 Å². The molecule has 2 heterocycles. The maximum atomic E-state index is 11.1. The lowest BCUT2D eigenvalue weighted by atomic mass is 10.2. The number of benzene rings is 1. The molecular weight excluding hydrogens is 270 g/mol. The first-order valence-electron chi connectivity index (χ1n) is 6.81. The standard InChI is InChI=1S/C15H17N3OS/c19-14-7-6-12(17-14)8-16-9-15-18-13(10-20-15)11-4-2-1-3-5-11/h1-5,10,12,16H,6-9H2,(H,17,19). The van der Waals surface area contributed by atoms with Crippen molar-refractivity contribution in [1.82, 2.24) is 15.6 Å². The predicted octanol–water partition coefficient (Wildman–Crippen LogP) is 2.18. The molecule has 1 atom stereocenters. The van der Waals surface area contributed by atoms with Crippen molar-refractivity contribution in [3.8, 4) is 11.3 Å². The largest absolute Gasteiger partial charge is 0.352 e. The molecule has 1 aromatic carbocycles. The molecule has 1 fully saturated rings. The molecule has 5 heteroatoms. The molecule has 1 saturated heterocycles. The molecule has 1 unspecified atom stereocenters. The second-order valence-electron chi connectivity index (χ2n) is 4.93. The molecule has 20 heavy (non-hydrogen) atoms. The van der Waals surface area contributed by atoms with Crippen LogP contribution in [-0.2, 0) is 11.3 Å². The van der Waals surface area contributed by atoms with E-state index in [0.29, 0.717) is 6.42 Å². The van der Waals surface area contributed by atoms with E-state index in [9.17, 15) is 4.79 Å². The molecule has 1 amide bonds. The van der Waals surface area contributed by atoms with Gasteiger partial charge in [-0.15, -0.1) is 11.3 Å². The second-order valence-corrected chi connectivity index (χ2v) is 5.87. The van der Waals surface area contributed by atoms with Crippen molar-refractivity contribution in [3.63, 3.8) is 0 Å². The average Bonchev–Trinajstić information content (AvgIpc) is 3.09. The summed E-state index contributed by atoms with van der Waals surface area (Å²) in [4.78, 5) is 15.7. The van der Waals surface area contributed by atoms with Gasteiger partial charge in [0, 0.05) is 36.5 Å². The van der Waals surface area contributed by atoms with Crippen molar-refractivity contribution >= 4 is 17.2 Å². The van der Waals surface area contributed by atoms with Crippen LogP contribution in [0.5, 0.6) is 0 Å². The Labute approximate surface area is 122 Å². The van der Waals surface area contributed by atoms with Crippen LogP contribution in [0.1, 0.15) is 17.8 Å². The molecule has 1 aliphatic heterocycles. The van der Waals surface area contributed by atoms with Gasteiger partial charge in [-0.3, -0.25) is 4.79 Å². The summed E-state index contributed by atoms with van der Waals surface area (Å²) in [5.74, 6) is 0.164. The zero-order valence-electron chi connectivity index (χ0n) is 11.1. The number of hydrogen-bond donors (Lipinski definition) is 2. The molecule has 0 bridgehead atoms. The summed E-state index contributed by atoms with van der Waals surface area (Å²) >= 11 is 1.67. The molecule has 1 aliphatic rings. The van der Waals surface area contributed by atoms with Crippen LogP contribution in [0.4, 0.5) is 0 Å². The summed E-state index contributed by atoms with van der Waals surface area (Å²) in [5.41, 5.74) is 2.18. The van der Waals surface area contributed by atoms with Crippen LogP contribution in [0.15, 0.2) is 35.7 Å².